The summed E-state index contributed by atoms with van der Waals surface area (Å²) in [6.45, 7) is 1.82. The van der Waals surface area contributed by atoms with Crippen molar-refractivity contribution in [1.29, 1.82) is 0 Å². The highest BCUT2D eigenvalue weighted by Crippen LogP contribution is 2.33. The van der Waals surface area contributed by atoms with Crippen LogP contribution in [0.4, 0.5) is 27.1 Å². The number of fused-ring (bicyclic) bond motifs is 1. The molecule has 1 heterocycles. The van der Waals surface area contributed by atoms with E-state index in [4.69, 9.17) is 5.73 Å². The Kier molecular flexibility index (Phi) is 2.82. The first-order valence-electron chi connectivity index (χ1n) is 6.28. The molecule has 0 saturated carbocycles. The lowest BCUT2D eigenvalue weighted by Gasteiger charge is -2.13. The molecule has 1 aliphatic rings. The molecule has 0 aliphatic carbocycles. The van der Waals surface area contributed by atoms with Gasteiger partial charge in [0.1, 0.15) is 5.82 Å². The monoisotopic (exact) mass is 271 g/mol. The Labute approximate surface area is 115 Å². The molecule has 1 amide bonds. The molecule has 0 fully saturated rings. The minimum atomic E-state index is -0.276. The van der Waals surface area contributed by atoms with Crippen LogP contribution in [-0.2, 0) is 11.2 Å². The molecule has 0 atom stereocenters. The van der Waals surface area contributed by atoms with Crippen LogP contribution < -0.4 is 16.4 Å². The van der Waals surface area contributed by atoms with Crippen LogP contribution in [0.15, 0.2) is 30.3 Å². The quantitative estimate of drug-likeness (QED) is 0.736. The molecule has 4 N–H and O–H groups in total. The minimum Gasteiger partial charge on any atom is -0.397 e. The average Bonchev–Trinajstić information content (AvgIpc) is 2.72. The topological polar surface area (TPSA) is 67.1 Å². The van der Waals surface area contributed by atoms with E-state index in [0.29, 0.717) is 17.8 Å². The summed E-state index contributed by atoms with van der Waals surface area (Å²) < 4.78 is 13.1. The fourth-order valence-corrected chi connectivity index (χ4v) is 2.31. The standard InChI is InChI=1S/C15H14FN3O/c1-8-4-10(16)2-3-12(8)18-14-7-13-9(5-11(14)17)6-15(20)19-13/h2-5,7,18H,6,17H2,1H3,(H,19,20). The third-order valence-corrected chi connectivity index (χ3v) is 3.36. The van der Waals surface area contributed by atoms with Crippen molar-refractivity contribution >= 4 is 28.7 Å². The smallest absolute Gasteiger partial charge is 0.228 e. The molecule has 2 aromatic rings. The Bertz CT molecular complexity index is 713. The molecular formula is C15H14FN3O. The molecule has 3 rings (SSSR count). The summed E-state index contributed by atoms with van der Waals surface area (Å²) in [5.74, 6) is -0.309. The van der Waals surface area contributed by atoms with Crippen LogP contribution in [0.1, 0.15) is 11.1 Å². The number of amides is 1. The highest BCUT2D eigenvalue weighted by Gasteiger charge is 2.19. The lowest BCUT2D eigenvalue weighted by molar-refractivity contribution is -0.115. The van der Waals surface area contributed by atoms with Gasteiger partial charge in [0.2, 0.25) is 5.91 Å². The number of rotatable bonds is 2. The summed E-state index contributed by atoms with van der Waals surface area (Å²) >= 11 is 0. The Morgan fingerprint density at radius 2 is 2.05 bits per heavy atom. The van der Waals surface area contributed by atoms with Gasteiger partial charge in [-0.1, -0.05) is 0 Å². The third kappa shape index (κ3) is 2.18. The van der Waals surface area contributed by atoms with Gasteiger partial charge in [0, 0.05) is 11.4 Å². The molecule has 0 radical (unpaired) electrons. The lowest BCUT2D eigenvalue weighted by Crippen LogP contribution is -2.03. The number of benzene rings is 2. The van der Waals surface area contributed by atoms with Gasteiger partial charge in [-0.25, -0.2) is 4.39 Å². The maximum atomic E-state index is 13.1. The first kappa shape index (κ1) is 12.5. The first-order valence-corrected chi connectivity index (χ1v) is 6.28. The summed E-state index contributed by atoms with van der Waals surface area (Å²) in [6.07, 6.45) is 0.357. The van der Waals surface area contributed by atoms with Crippen LogP contribution in [0.5, 0.6) is 0 Å². The summed E-state index contributed by atoms with van der Waals surface area (Å²) in [6, 6.07) is 8.09. The molecule has 5 heteroatoms. The average molecular weight is 271 g/mol. The van der Waals surface area contributed by atoms with Crippen LogP contribution in [-0.4, -0.2) is 5.91 Å². The fourth-order valence-electron chi connectivity index (χ4n) is 2.31. The van der Waals surface area contributed by atoms with Gasteiger partial charge in [-0.2, -0.15) is 0 Å². The zero-order valence-corrected chi connectivity index (χ0v) is 11.0. The zero-order chi connectivity index (χ0) is 14.3. The normalized spacial score (nSPS) is 13.0. The maximum absolute atomic E-state index is 13.1. The number of hydrogen-bond donors (Lipinski definition) is 3. The van der Waals surface area contributed by atoms with Gasteiger partial charge in [0.05, 0.1) is 17.8 Å². The van der Waals surface area contributed by atoms with Gasteiger partial charge in [0.15, 0.2) is 0 Å². The predicted octanol–water partition coefficient (Wildman–Crippen LogP) is 2.95. The Hall–Kier alpha value is -2.56. The highest BCUT2D eigenvalue weighted by atomic mass is 19.1. The first-order chi connectivity index (χ1) is 9.52. The van der Waals surface area contributed by atoms with Gasteiger partial charge in [-0.05, 0) is 48.4 Å². The number of aryl methyl sites for hydroxylation is 1. The zero-order valence-electron chi connectivity index (χ0n) is 11.0. The molecule has 4 nitrogen and oxygen atoms in total. The van der Waals surface area contributed by atoms with Crippen molar-refractivity contribution in [2.75, 3.05) is 16.4 Å². The van der Waals surface area contributed by atoms with E-state index in [9.17, 15) is 9.18 Å². The second-order valence-corrected chi connectivity index (χ2v) is 4.91. The van der Waals surface area contributed by atoms with Crippen LogP contribution in [0.2, 0.25) is 0 Å². The van der Waals surface area contributed by atoms with Crippen molar-refractivity contribution in [3.8, 4) is 0 Å². The molecule has 2 aromatic carbocycles. The molecular weight excluding hydrogens is 257 g/mol. The van der Waals surface area contributed by atoms with E-state index in [1.54, 1.807) is 18.2 Å². The van der Waals surface area contributed by atoms with E-state index in [2.05, 4.69) is 10.6 Å². The van der Waals surface area contributed by atoms with Crippen LogP contribution in [0.3, 0.4) is 0 Å². The number of halogens is 1. The largest absolute Gasteiger partial charge is 0.397 e. The van der Waals surface area contributed by atoms with Crippen LogP contribution in [0, 0.1) is 12.7 Å². The molecule has 0 aromatic heterocycles. The van der Waals surface area contributed by atoms with Gasteiger partial charge < -0.3 is 16.4 Å². The molecule has 0 saturated heterocycles. The molecule has 0 unspecified atom stereocenters. The molecule has 0 spiro atoms. The summed E-state index contributed by atoms with van der Waals surface area (Å²) in [5.41, 5.74) is 10.5. The van der Waals surface area contributed by atoms with E-state index >= 15 is 0 Å². The molecule has 20 heavy (non-hydrogen) atoms. The van der Waals surface area contributed by atoms with Crippen molar-refractivity contribution in [3.63, 3.8) is 0 Å². The van der Waals surface area contributed by atoms with E-state index in [1.807, 2.05) is 6.92 Å². The SMILES string of the molecule is Cc1cc(F)ccc1Nc1cc2c(cc1N)CC(=O)N2. The third-order valence-electron chi connectivity index (χ3n) is 3.36. The second-order valence-electron chi connectivity index (χ2n) is 4.91. The summed E-state index contributed by atoms with van der Waals surface area (Å²) in [5, 5.41) is 5.95. The van der Waals surface area contributed by atoms with Gasteiger partial charge in [-0.3, -0.25) is 4.79 Å². The highest BCUT2D eigenvalue weighted by molar-refractivity contribution is 6.01. The maximum Gasteiger partial charge on any atom is 0.228 e. The number of hydrogen-bond acceptors (Lipinski definition) is 3. The van der Waals surface area contributed by atoms with E-state index in [-0.39, 0.29) is 11.7 Å². The lowest BCUT2D eigenvalue weighted by atomic mass is 10.1. The molecule has 1 aliphatic heterocycles. The molecule has 102 valence electrons. The number of nitrogens with two attached hydrogens (primary N) is 1. The Morgan fingerprint density at radius 1 is 1.25 bits per heavy atom. The van der Waals surface area contributed by atoms with Crippen LogP contribution in [0.25, 0.3) is 0 Å². The number of nitrogens with one attached hydrogen (secondary N) is 2. The van der Waals surface area contributed by atoms with Gasteiger partial charge in [-0.15, -0.1) is 0 Å². The van der Waals surface area contributed by atoms with Crippen molar-refractivity contribution in [2.24, 2.45) is 0 Å². The fraction of sp³-hybridized carbons (Fsp3) is 0.133. The van der Waals surface area contributed by atoms with E-state index in [1.165, 1.54) is 12.1 Å². The van der Waals surface area contributed by atoms with E-state index in [0.717, 1.165) is 22.5 Å². The van der Waals surface area contributed by atoms with Gasteiger partial charge in [0.25, 0.3) is 0 Å². The number of carbonyl (C=O) groups is 1. The molecule has 0 bridgehead atoms. The summed E-state index contributed by atoms with van der Waals surface area (Å²) in [7, 11) is 0. The van der Waals surface area contributed by atoms with Crippen molar-refractivity contribution in [3.05, 3.63) is 47.3 Å². The van der Waals surface area contributed by atoms with Crippen LogP contribution >= 0.6 is 0 Å². The Morgan fingerprint density at radius 3 is 2.80 bits per heavy atom. The number of anilines is 4. The van der Waals surface area contributed by atoms with Crippen molar-refractivity contribution in [2.45, 2.75) is 13.3 Å². The summed E-state index contributed by atoms with van der Waals surface area (Å²) in [4.78, 5) is 11.4. The number of nitrogen functional groups attached to an aromatic ring is 1. The number of carbonyl (C=O) groups excluding carboxylic acids is 1. The Balaban J connectivity index is 1.95. The van der Waals surface area contributed by atoms with Crippen molar-refractivity contribution < 1.29 is 9.18 Å². The minimum absolute atomic E-state index is 0.0329. The van der Waals surface area contributed by atoms with E-state index < -0.39 is 0 Å². The second kappa shape index (κ2) is 4.52. The van der Waals surface area contributed by atoms with Crippen molar-refractivity contribution in [1.82, 2.24) is 0 Å². The predicted molar refractivity (Wildman–Crippen MR) is 77.6 cm³/mol. The van der Waals surface area contributed by atoms with Gasteiger partial charge >= 0.3 is 0 Å².